The number of thiazole rings is 1. The van der Waals surface area contributed by atoms with Gasteiger partial charge in [-0.2, -0.15) is 0 Å². The minimum atomic E-state index is -0.909. The lowest BCUT2D eigenvalue weighted by molar-refractivity contribution is -0.144. The number of aromatic nitrogens is 1. The third-order valence-corrected chi connectivity index (χ3v) is 11.1. The molecule has 14 heteroatoms. The molecule has 5 rings (SSSR count). The molecule has 12 nitrogen and oxygen atoms in total. The minimum absolute atomic E-state index is 0. The van der Waals surface area contributed by atoms with Gasteiger partial charge in [-0.25, -0.2) is 4.98 Å². The third-order valence-electron chi connectivity index (χ3n) is 10.2. The Kier molecular flexibility index (Phi) is 15.5. The summed E-state index contributed by atoms with van der Waals surface area (Å²) in [7, 11) is 0. The highest BCUT2D eigenvalue weighted by molar-refractivity contribution is 7.13. The Bertz CT molecular complexity index is 1980. The number of aliphatic hydroxyl groups is 1. The largest absolute Gasteiger partial charge is 0.391 e. The molecule has 0 saturated carbocycles. The number of benzene rings is 3. The van der Waals surface area contributed by atoms with Gasteiger partial charge in [-0.15, -0.1) is 23.7 Å². The average molecular weight is 807 g/mol. The topological polar surface area (TPSA) is 190 Å². The number of β-amino-alcohol motifs (C(OH)–C–C–N with tert-alkyl or cyclic N) is 1. The number of likely N-dealkylation sites (tertiary alicyclic amines) is 1. The quantitative estimate of drug-likeness (QED) is 0.105. The van der Waals surface area contributed by atoms with Crippen molar-refractivity contribution in [1.29, 1.82) is 0 Å². The van der Waals surface area contributed by atoms with E-state index in [2.05, 4.69) is 15.6 Å². The number of aryl methyl sites for hydroxylation is 2. The maximum Gasteiger partial charge on any atom is 0.246 e. The molecule has 302 valence electrons. The van der Waals surface area contributed by atoms with Crippen molar-refractivity contribution in [1.82, 2.24) is 20.5 Å². The number of nitrogens with zero attached hydrogens (tertiary/aromatic N) is 2. The molecule has 2 heterocycles. The van der Waals surface area contributed by atoms with E-state index in [-0.39, 0.29) is 74.6 Å². The predicted molar refractivity (Wildman–Crippen MR) is 222 cm³/mol. The fourth-order valence-corrected chi connectivity index (χ4v) is 7.57. The van der Waals surface area contributed by atoms with Gasteiger partial charge < -0.3 is 36.8 Å². The number of rotatable bonds is 16. The fourth-order valence-electron chi connectivity index (χ4n) is 6.76. The summed E-state index contributed by atoms with van der Waals surface area (Å²) in [5.41, 5.74) is 17.4. The Morgan fingerprint density at radius 2 is 1.66 bits per heavy atom. The van der Waals surface area contributed by atoms with Gasteiger partial charge in [0.25, 0.3) is 0 Å². The molecule has 0 aliphatic carbocycles. The Balaban J connectivity index is 0.00000696. The van der Waals surface area contributed by atoms with Gasteiger partial charge in [0, 0.05) is 38.4 Å². The second-order valence-corrected chi connectivity index (χ2v) is 16.5. The van der Waals surface area contributed by atoms with E-state index in [1.165, 1.54) is 4.90 Å². The van der Waals surface area contributed by atoms with Crippen LogP contribution < -0.4 is 22.1 Å². The number of halogens is 1. The normalized spacial score (nSPS) is 17.2. The van der Waals surface area contributed by atoms with Gasteiger partial charge in [-0.05, 0) is 71.2 Å². The van der Waals surface area contributed by atoms with Crippen molar-refractivity contribution in [3.05, 3.63) is 88.6 Å². The lowest BCUT2D eigenvalue weighted by Gasteiger charge is -2.35. The van der Waals surface area contributed by atoms with E-state index < -0.39 is 29.5 Å². The van der Waals surface area contributed by atoms with Crippen LogP contribution in [0.25, 0.3) is 21.2 Å². The van der Waals surface area contributed by atoms with E-state index in [0.29, 0.717) is 19.4 Å². The highest BCUT2D eigenvalue weighted by atomic mass is 35.5. The number of ether oxygens (including phenoxy) is 1. The zero-order chi connectivity index (χ0) is 39.9. The molecule has 1 aliphatic heterocycles. The number of nitrogens with two attached hydrogens (primary N) is 2. The van der Waals surface area contributed by atoms with E-state index in [1.807, 2.05) is 101 Å². The smallest absolute Gasteiger partial charge is 0.246 e. The number of carbonyl (C=O) groups excluding carboxylic acids is 4. The van der Waals surface area contributed by atoms with Crippen LogP contribution in [0.2, 0.25) is 0 Å². The minimum Gasteiger partial charge on any atom is -0.391 e. The van der Waals surface area contributed by atoms with Crippen LogP contribution in [-0.2, 0) is 43.5 Å². The first-order valence-corrected chi connectivity index (χ1v) is 19.7. The lowest BCUT2D eigenvalue weighted by atomic mass is 9.85. The number of hydrogen-bond acceptors (Lipinski definition) is 9. The summed E-state index contributed by atoms with van der Waals surface area (Å²) in [6, 6.07) is 17.9. The van der Waals surface area contributed by atoms with Crippen LogP contribution in [0, 0.1) is 12.3 Å². The molecule has 56 heavy (non-hydrogen) atoms. The van der Waals surface area contributed by atoms with Crippen molar-refractivity contribution in [2.75, 3.05) is 6.54 Å². The van der Waals surface area contributed by atoms with Gasteiger partial charge in [-0.3, -0.25) is 19.2 Å². The third kappa shape index (κ3) is 11.8. The van der Waals surface area contributed by atoms with E-state index in [1.54, 1.807) is 11.3 Å². The zero-order valence-electron chi connectivity index (χ0n) is 32.7. The molecule has 3 aromatic carbocycles. The zero-order valence-corrected chi connectivity index (χ0v) is 34.4. The van der Waals surface area contributed by atoms with Gasteiger partial charge in [0.1, 0.15) is 12.1 Å². The highest BCUT2D eigenvalue weighted by Gasteiger charge is 2.44. The summed E-state index contributed by atoms with van der Waals surface area (Å²) in [6.07, 6.45) is 0.293. The second kappa shape index (κ2) is 19.6. The van der Waals surface area contributed by atoms with E-state index in [4.69, 9.17) is 16.2 Å². The predicted octanol–water partition coefficient (Wildman–Crippen LogP) is 4.93. The van der Waals surface area contributed by atoms with E-state index >= 15 is 0 Å². The molecule has 5 atom stereocenters. The summed E-state index contributed by atoms with van der Waals surface area (Å²) in [6.45, 7) is 10.1. The molecule has 4 aromatic rings. The summed E-state index contributed by atoms with van der Waals surface area (Å²) in [4.78, 5) is 58.8. The number of amides is 4. The number of primary amides is 1. The summed E-state index contributed by atoms with van der Waals surface area (Å²) in [5, 5.41) is 18.5. The molecular formula is C42H55ClN6O6S. The molecule has 7 N–H and O–H groups in total. The second-order valence-electron chi connectivity index (χ2n) is 15.6. The van der Waals surface area contributed by atoms with Gasteiger partial charge in [0.2, 0.25) is 23.6 Å². The van der Waals surface area contributed by atoms with Crippen molar-refractivity contribution in [2.45, 2.75) is 110 Å². The molecule has 1 saturated heterocycles. The molecular weight excluding hydrogens is 752 g/mol. The SMILES string of the molecule is Cc1ncsc1-c1ccc(CNC(=O)[C@@H]2C[C@@H](O)CN2C(=O)[C@@H](NC(=O)CCc2ccc3ccc(CO[C@H](C)[C@@H](N)CCC(N)=O)cc3c2)C(C)(C)C)cc1.Cl. The van der Waals surface area contributed by atoms with Crippen molar-refractivity contribution < 1.29 is 29.0 Å². The number of carbonyl (C=O) groups is 4. The first kappa shape index (κ1) is 44.3. The van der Waals surface area contributed by atoms with E-state index in [9.17, 15) is 24.3 Å². The number of aliphatic hydroxyl groups excluding tert-OH is 1. The Labute approximate surface area is 339 Å². The van der Waals surface area contributed by atoms with Crippen LogP contribution in [0.1, 0.15) is 75.8 Å². The number of nitrogens with one attached hydrogen (secondary N) is 2. The van der Waals surface area contributed by atoms with Crippen LogP contribution in [0.3, 0.4) is 0 Å². The highest BCUT2D eigenvalue weighted by Crippen LogP contribution is 2.29. The van der Waals surface area contributed by atoms with Crippen molar-refractivity contribution in [3.63, 3.8) is 0 Å². The van der Waals surface area contributed by atoms with Crippen molar-refractivity contribution >= 4 is 58.1 Å². The van der Waals surface area contributed by atoms with E-state index in [0.717, 1.165) is 43.6 Å². The molecule has 0 radical (unpaired) electrons. The van der Waals surface area contributed by atoms with Crippen LogP contribution in [0.4, 0.5) is 0 Å². The summed E-state index contributed by atoms with van der Waals surface area (Å²) >= 11 is 1.58. The Hall–Kier alpha value is -4.40. The lowest BCUT2D eigenvalue weighted by Crippen LogP contribution is -2.57. The molecule has 0 bridgehead atoms. The van der Waals surface area contributed by atoms with Crippen LogP contribution in [0.5, 0.6) is 0 Å². The molecule has 1 fully saturated rings. The van der Waals surface area contributed by atoms with Crippen molar-refractivity contribution in [2.24, 2.45) is 16.9 Å². The fraction of sp³-hybridized carbons (Fsp3) is 0.452. The molecule has 0 unspecified atom stereocenters. The van der Waals surface area contributed by atoms with Crippen LogP contribution in [0.15, 0.2) is 66.2 Å². The average Bonchev–Trinajstić information content (AvgIpc) is 3.77. The molecule has 1 aromatic heterocycles. The van der Waals surface area contributed by atoms with Gasteiger partial charge >= 0.3 is 0 Å². The maximum absolute atomic E-state index is 14.1. The molecule has 0 spiro atoms. The number of fused-ring (bicyclic) bond motifs is 1. The Morgan fingerprint density at radius 3 is 2.30 bits per heavy atom. The monoisotopic (exact) mass is 806 g/mol. The van der Waals surface area contributed by atoms with Gasteiger partial charge in [-0.1, -0.05) is 75.4 Å². The number of hydrogen-bond donors (Lipinski definition) is 5. The standard InChI is InChI=1S/C42H54N6O6S.ClH/c1-25-38(55-24-46-25)31-13-7-28(8-14-31)21-45-40(52)35-20-33(49)22-48(35)41(53)39(42(3,4)5)47-37(51)17-10-27-6-11-30-12-9-29(19-32(30)18-27)23-54-26(2)34(43)15-16-36(44)50;/h6-9,11-14,18-19,24,26,33-35,39,49H,10,15-17,20-23,43H2,1-5H3,(H2,44,50)(H,45,52)(H,47,51);1H/t26-,33-,34+,35+,39-;/m1./s1. The van der Waals surface area contributed by atoms with Gasteiger partial charge in [0.15, 0.2) is 0 Å². The maximum atomic E-state index is 14.1. The Morgan fingerprint density at radius 1 is 1.00 bits per heavy atom. The summed E-state index contributed by atoms with van der Waals surface area (Å²) in [5.74, 6) is -1.42. The molecule has 1 aliphatic rings. The summed E-state index contributed by atoms with van der Waals surface area (Å²) < 4.78 is 5.98. The first-order valence-electron chi connectivity index (χ1n) is 18.8. The first-order chi connectivity index (χ1) is 26.1. The van der Waals surface area contributed by atoms with Crippen molar-refractivity contribution in [3.8, 4) is 10.4 Å². The van der Waals surface area contributed by atoms with Crippen LogP contribution in [-0.4, -0.2) is 75.5 Å². The molecule has 4 amide bonds. The van der Waals surface area contributed by atoms with Crippen LogP contribution >= 0.6 is 23.7 Å². The van der Waals surface area contributed by atoms with Gasteiger partial charge in [0.05, 0.1) is 34.9 Å².